The number of aliphatic hydroxyl groups is 2. The Morgan fingerprint density at radius 2 is 0.719 bits per heavy atom. The number of hydrogen-bond acceptors (Lipinski definition) is 4. The van der Waals surface area contributed by atoms with Crippen LogP contribution in [0.4, 0.5) is 0 Å². The third-order valence-electron chi connectivity index (χ3n) is 5.15. The largest absolute Gasteiger partial charge is 0.382 e. The van der Waals surface area contributed by atoms with Crippen molar-refractivity contribution in [3.8, 4) is 0 Å². The van der Waals surface area contributed by atoms with E-state index >= 15 is 0 Å². The normalized spacial score (nSPS) is 14.1. The number of hydrogen-bond donors (Lipinski definition) is 2. The molecule has 0 spiro atoms. The summed E-state index contributed by atoms with van der Waals surface area (Å²) in [5.74, 6) is 0. The minimum atomic E-state index is -0.965. The standard InChI is InChI=1S/C28H24N2O2/c31-27(23-17-9-3-10-18-23)25(21-13-5-1-6-14-21)29-30-26(22-15-7-2-8-16-22)28(32)24-19-11-4-12-20-24/h1-20,27-28,31-32H/b29-25-,30-26-/t27-,28-/m0/s1. The summed E-state index contributed by atoms with van der Waals surface area (Å²) >= 11 is 0. The molecule has 0 heterocycles. The molecule has 0 saturated carbocycles. The second kappa shape index (κ2) is 10.4. The summed E-state index contributed by atoms with van der Waals surface area (Å²) in [6.07, 6.45) is -1.93. The Bertz CT molecular complexity index is 1080. The molecule has 2 N–H and O–H groups in total. The molecule has 0 unspecified atom stereocenters. The first-order chi connectivity index (χ1) is 15.7. The fourth-order valence-electron chi connectivity index (χ4n) is 3.45. The molecular formula is C28H24N2O2. The highest BCUT2D eigenvalue weighted by Crippen LogP contribution is 2.22. The zero-order chi connectivity index (χ0) is 22.2. The SMILES string of the molecule is O[C@H](/C(=N\N=C(\c1ccccc1)[C@@H](O)c1ccccc1)c1ccccc1)c1ccccc1. The maximum Gasteiger partial charge on any atom is 0.123 e. The van der Waals surface area contributed by atoms with Gasteiger partial charge in [0.15, 0.2) is 0 Å². The highest BCUT2D eigenvalue weighted by molar-refractivity contribution is 6.07. The van der Waals surface area contributed by atoms with Gasteiger partial charge in [-0.05, 0) is 11.1 Å². The first-order valence-electron chi connectivity index (χ1n) is 10.5. The molecule has 4 rings (SSSR count). The number of rotatable bonds is 7. The van der Waals surface area contributed by atoms with Crippen molar-refractivity contribution in [1.29, 1.82) is 0 Å². The lowest BCUT2D eigenvalue weighted by molar-refractivity contribution is 0.245. The summed E-state index contributed by atoms with van der Waals surface area (Å²) in [5.41, 5.74) is 3.77. The van der Waals surface area contributed by atoms with Gasteiger partial charge in [0.05, 0.1) is 0 Å². The van der Waals surface area contributed by atoms with E-state index < -0.39 is 12.2 Å². The van der Waals surface area contributed by atoms with Crippen molar-refractivity contribution in [2.24, 2.45) is 10.2 Å². The topological polar surface area (TPSA) is 65.2 Å². The molecule has 158 valence electrons. The van der Waals surface area contributed by atoms with E-state index in [4.69, 9.17) is 0 Å². The second-order valence-corrected chi connectivity index (χ2v) is 7.33. The van der Waals surface area contributed by atoms with Crippen LogP contribution < -0.4 is 0 Å². The summed E-state index contributed by atoms with van der Waals surface area (Å²) < 4.78 is 0. The Balaban J connectivity index is 1.82. The van der Waals surface area contributed by atoms with Crippen LogP contribution in [0, 0.1) is 0 Å². The fourth-order valence-corrected chi connectivity index (χ4v) is 3.45. The molecule has 0 fully saturated rings. The highest BCUT2D eigenvalue weighted by Gasteiger charge is 2.20. The predicted octanol–water partition coefficient (Wildman–Crippen LogP) is 5.35. The molecule has 0 aliphatic carbocycles. The number of nitrogens with zero attached hydrogens (tertiary/aromatic N) is 2. The van der Waals surface area contributed by atoms with E-state index in [0.29, 0.717) is 11.4 Å². The maximum atomic E-state index is 11.1. The minimum Gasteiger partial charge on any atom is -0.382 e. The third kappa shape index (κ3) is 5.06. The molecule has 4 heteroatoms. The van der Waals surface area contributed by atoms with Crippen molar-refractivity contribution in [3.63, 3.8) is 0 Å². The Morgan fingerprint density at radius 1 is 0.438 bits per heavy atom. The molecule has 4 aromatic carbocycles. The highest BCUT2D eigenvalue weighted by atomic mass is 16.3. The summed E-state index contributed by atoms with van der Waals surface area (Å²) in [7, 11) is 0. The lowest BCUT2D eigenvalue weighted by Gasteiger charge is -2.16. The molecule has 32 heavy (non-hydrogen) atoms. The average Bonchev–Trinajstić information content (AvgIpc) is 2.88. The van der Waals surface area contributed by atoms with Gasteiger partial charge in [-0.3, -0.25) is 0 Å². The van der Waals surface area contributed by atoms with Gasteiger partial charge in [0.2, 0.25) is 0 Å². The summed E-state index contributed by atoms with van der Waals surface area (Å²) in [4.78, 5) is 0. The molecule has 0 aromatic heterocycles. The maximum absolute atomic E-state index is 11.1. The minimum absolute atomic E-state index is 0.408. The zero-order valence-electron chi connectivity index (χ0n) is 17.5. The van der Waals surface area contributed by atoms with E-state index in [0.717, 1.165) is 22.3 Å². The van der Waals surface area contributed by atoms with E-state index in [1.165, 1.54) is 0 Å². The van der Waals surface area contributed by atoms with Crippen molar-refractivity contribution < 1.29 is 10.2 Å². The zero-order valence-corrected chi connectivity index (χ0v) is 17.5. The van der Waals surface area contributed by atoms with Gasteiger partial charge < -0.3 is 10.2 Å². The van der Waals surface area contributed by atoms with Gasteiger partial charge in [0, 0.05) is 11.1 Å². The Kier molecular flexibility index (Phi) is 6.98. The molecule has 0 bridgehead atoms. The Hall–Kier alpha value is -3.86. The van der Waals surface area contributed by atoms with Crippen molar-refractivity contribution in [2.75, 3.05) is 0 Å². The smallest absolute Gasteiger partial charge is 0.123 e. The number of aliphatic hydroxyl groups excluding tert-OH is 2. The lowest BCUT2D eigenvalue weighted by Crippen LogP contribution is -2.16. The van der Waals surface area contributed by atoms with Crippen molar-refractivity contribution in [1.82, 2.24) is 0 Å². The molecule has 2 atom stereocenters. The van der Waals surface area contributed by atoms with Gasteiger partial charge in [-0.25, -0.2) is 0 Å². The second-order valence-electron chi connectivity index (χ2n) is 7.33. The van der Waals surface area contributed by atoms with Crippen LogP contribution >= 0.6 is 0 Å². The van der Waals surface area contributed by atoms with Crippen LogP contribution in [0.15, 0.2) is 132 Å². The van der Waals surface area contributed by atoms with Crippen LogP contribution in [0.25, 0.3) is 0 Å². The van der Waals surface area contributed by atoms with Crippen LogP contribution in [-0.4, -0.2) is 21.6 Å². The van der Waals surface area contributed by atoms with Gasteiger partial charge in [0.25, 0.3) is 0 Å². The van der Waals surface area contributed by atoms with Gasteiger partial charge >= 0.3 is 0 Å². The molecule has 4 nitrogen and oxygen atoms in total. The molecule has 0 amide bonds. The third-order valence-corrected chi connectivity index (χ3v) is 5.15. The van der Waals surface area contributed by atoms with Gasteiger partial charge in [0.1, 0.15) is 23.6 Å². The molecule has 0 aliphatic heterocycles. The summed E-state index contributed by atoms with van der Waals surface area (Å²) in [5, 5.41) is 31.2. The van der Waals surface area contributed by atoms with E-state index in [1.807, 2.05) is 121 Å². The van der Waals surface area contributed by atoms with Gasteiger partial charge in [-0.15, -0.1) is 0 Å². The first kappa shape index (κ1) is 21.4. The van der Waals surface area contributed by atoms with Gasteiger partial charge in [-0.2, -0.15) is 10.2 Å². The Morgan fingerprint density at radius 3 is 1.03 bits per heavy atom. The summed E-state index contributed by atoms with van der Waals surface area (Å²) in [6, 6.07) is 37.6. The monoisotopic (exact) mass is 420 g/mol. The number of benzene rings is 4. The molecular weight excluding hydrogens is 396 g/mol. The van der Waals surface area contributed by atoms with Crippen molar-refractivity contribution >= 4 is 11.4 Å². The van der Waals surface area contributed by atoms with Crippen molar-refractivity contribution in [2.45, 2.75) is 12.2 Å². The molecule has 0 radical (unpaired) electrons. The molecule has 0 aliphatic rings. The molecule has 4 aromatic rings. The fraction of sp³-hybridized carbons (Fsp3) is 0.0714. The van der Waals surface area contributed by atoms with E-state index in [-0.39, 0.29) is 0 Å². The van der Waals surface area contributed by atoms with E-state index in [2.05, 4.69) is 10.2 Å². The van der Waals surface area contributed by atoms with Crippen LogP contribution in [-0.2, 0) is 0 Å². The quantitative estimate of drug-likeness (QED) is 0.313. The molecule has 0 saturated heterocycles. The van der Waals surface area contributed by atoms with Crippen LogP contribution in [0.2, 0.25) is 0 Å². The van der Waals surface area contributed by atoms with Crippen LogP contribution in [0.5, 0.6) is 0 Å². The Labute approximate surface area is 187 Å². The van der Waals surface area contributed by atoms with Gasteiger partial charge in [-0.1, -0.05) is 121 Å². The first-order valence-corrected chi connectivity index (χ1v) is 10.5. The summed E-state index contributed by atoms with van der Waals surface area (Å²) in [6.45, 7) is 0. The van der Waals surface area contributed by atoms with Crippen LogP contribution in [0.3, 0.4) is 0 Å². The average molecular weight is 421 g/mol. The van der Waals surface area contributed by atoms with E-state index in [9.17, 15) is 10.2 Å². The van der Waals surface area contributed by atoms with E-state index in [1.54, 1.807) is 0 Å². The lowest BCUT2D eigenvalue weighted by atomic mass is 9.99. The van der Waals surface area contributed by atoms with Crippen LogP contribution in [0.1, 0.15) is 34.5 Å². The predicted molar refractivity (Wildman–Crippen MR) is 129 cm³/mol. The van der Waals surface area contributed by atoms with Crippen molar-refractivity contribution in [3.05, 3.63) is 144 Å².